The molecule has 0 spiro atoms. The van der Waals surface area contributed by atoms with E-state index >= 15 is 0 Å². The summed E-state index contributed by atoms with van der Waals surface area (Å²) in [5.41, 5.74) is 0.616. The van der Waals surface area contributed by atoms with Gasteiger partial charge >= 0.3 is 0 Å². The molecule has 1 heterocycles. The number of methoxy groups -OCH3 is 1. The first-order valence-electron chi connectivity index (χ1n) is 7.41. The van der Waals surface area contributed by atoms with Gasteiger partial charge in [0.25, 0.3) is 0 Å². The molecule has 0 bridgehead atoms. The SMILES string of the molecule is COc1ccc(NC(=O)C[C@H](C(=O)[O-])[NH+]2CC[NH2+]CC2)cc1. The second kappa shape index (κ2) is 7.77. The van der Waals surface area contributed by atoms with Gasteiger partial charge < -0.3 is 30.2 Å². The number of hydrogen-bond acceptors (Lipinski definition) is 4. The fraction of sp³-hybridized carbons (Fsp3) is 0.467. The van der Waals surface area contributed by atoms with Crippen LogP contribution in [0, 0.1) is 0 Å². The number of carboxylic acid groups (broad SMARTS) is 1. The number of carbonyl (C=O) groups is 2. The Morgan fingerprint density at radius 3 is 2.50 bits per heavy atom. The van der Waals surface area contributed by atoms with Gasteiger partial charge in [0, 0.05) is 5.69 Å². The predicted octanol–water partition coefficient (Wildman–Crippen LogP) is -3.40. The molecule has 1 aliphatic heterocycles. The van der Waals surface area contributed by atoms with E-state index in [0.29, 0.717) is 11.4 Å². The van der Waals surface area contributed by atoms with Crippen LogP contribution in [0.2, 0.25) is 0 Å². The van der Waals surface area contributed by atoms with Crippen molar-refractivity contribution in [3.05, 3.63) is 24.3 Å². The number of benzene rings is 1. The van der Waals surface area contributed by atoms with Gasteiger partial charge in [-0.3, -0.25) is 4.79 Å². The molecule has 0 aromatic heterocycles. The minimum Gasteiger partial charge on any atom is -0.544 e. The number of aliphatic carboxylic acids is 1. The summed E-state index contributed by atoms with van der Waals surface area (Å²) < 4.78 is 5.04. The lowest BCUT2D eigenvalue weighted by molar-refractivity contribution is -0.961. The first-order valence-corrected chi connectivity index (χ1v) is 7.41. The van der Waals surface area contributed by atoms with Gasteiger partial charge in [0.1, 0.15) is 38.0 Å². The molecule has 4 N–H and O–H groups in total. The maximum Gasteiger partial charge on any atom is 0.230 e. The van der Waals surface area contributed by atoms with Crippen molar-refractivity contribution in [2.75, 3.05) is 38.6 Å². The van der Waals surface area contributed by atoms with Crippen molar-refractivity contribution in [3.8, 4) is 5.75 Å². The summed E-state index contributed by atoms with van der Waals surface area (Å²) in [4.78, 5) is 24.3. The molecular weight excluding hydrogens is 286 g/mol. The molecule has 1 amide bonds. The number of rotatable bonds is 6. The molecule has 1 atom stereocenters. The molecule has 22 heavy (non-hydrogen) atoms. The van der Waals surface area contributed by atoms with E-state index in [1.807, 2.05) is 0 Å². The van der Waals surface area contributed by atoms with E-state index in [1.165, 1.54) is 0 Å². The standard InChI is InChI=1S/C15H21N3O4/c1-22-12-4-2-11(3-5-12)17-14(19)10-13(15(20)21)18-8-6-16-7-9-18/h2-5,13,16H,6-10H2,1H3,(H,17,19)(H,20,21)/p+1/t13-/m1/s1. The molecule has 0 saturated carbocycles. The van der Waals surface area contributed by atoms with E-state index in [0.717, 1.165) is 31.1 Å². The molecule has 1 aliphatic rings. The Hall–Kier alpha value is -2.12. The van der Waals surface area contributed by atoms with Crippen molar-refractivity contribution in [3.63, 3.8) is 0 Å². The highest BCUT2D eigenvalue weighted by Gasteiger charge is 2.29. The van der Waals surface area contributed by atoms with Crippen LogP contribution in [-0.2, 0) is 9.59 Å². The number of piperazine rings is 1. The number of anilines is 1. The lowest BCUT2D eigenvalue weighted by Gasteiger charge is -2.30. The highest BCUT2D eigenvalue weighted by atomic mass is 16.5. The quantitative estimate of drug-likeness (QED) is 0.510. The summed E-state index contributed by atoms with van der Waals surface area (Å²) in [5.74, 6) is -0.789. The van der Waals surface area contributed by atoms with Gasteiger partial charge in [0.15, 0.2) is 0 Å². The molecule has 1 saturated heterocycles. The maximum atomic E-state index is 12.1. The molecule has 1 fully saturated rings. The monoisotopic (exact) mass is 308 g/mol. The van der Waals surface area contributed by atoms with Crippen LogP contribution in [0.25, 0.3) is 0 Å². The first-order chi connectivity index (χ1) is 10.6. The Morgan fingerprint density at radius 2 is 1.95 bits per heavy atom. The van der Waals surface area contributed by atoms with Crippen molar-refractivity contribution in [2.24, 2.45) is 0 Å². The Morgan fingerprint density at radius 1 is 1.32 bits per heavy atom. The average Bonchev–Trinajstić information content (AvgIpc) is 2.54. The minimum absolute atomic E-state index is 0.0797. The van der Waals surface area contributed by atoms with Crippen LogP contribution in [-0.4, -0.2) is 51.2 Å². The number of nitrogens with two attached hydrogens (primary N) is 1. The summed E-state index contributed by atoms with van der Waals surface area (Å²) in [6, 6.07) is 6.10. The molecule has 120 valence electrons. The molecule has 2 rings (SSSR count). The number of quaternary nitrogens is 2. The normalized spacial score (nSPS) is 16.8. The van der Waals surface area contributed by atoms with Crippen molar-refractivity contribution in [1.29, 1.82) is 0 Å². The van der Waals surface area contributed by atoms with Gasteiger partial charge in [0.05, 0.1) is 19.5 Å². The number of hydrogen-bond donors (Lipinski definition) is 3. The number of amides is 1. The van der Waals surface area contributed by atoms with Crippen LogP contribution in [0.1, 0.15) is 6.42 Å². The molecular formula is C15H22N3O4+. The highest BCUT2D eigenvalue weighted by Crippen LogP contribution is 2.15. The smallest absolute Gasteiger partial charge is 0.230 e. The fourth-order valence-electron chi connectivity index (χ4n) is 2.66. The number of carboxylic acids is 1. The number of nitrogens with one attached hydrogen (secondary N) is 2. The van der Waals surface area contributed by atoms with E-state index in [1.54, 1.807) is 31.4 Å². The number of ether oxygens (including phenoxy) is 1. The fourth-order valence-corrected chi connectivity index (χ4v) is 2.66. The van der Waals surface area contributed by atoms with E-state index in [4.69, 9.17) is 4.74 Å². The van der Waals surface area contributed by atoms with Crippen LogP contribution in [0.5, 0.6) is 5.75 Å². The van der Waals surface area contributed by atoms with Crippen LogP contribution in [0.4, 0.5) is 5.69 Å². The summed E-state index contributed by atoms with van der Waals surface area (Å²) in [6.45, 7) is 3.21. The van der Waals surface area contributed by atoms with Gasteiger partial charge in [-0.05, 0) is 24.3 Å². The third kappa shape index (κ3) is 4.44. The minimum atomic E-state index is -1.17. The summed E-state index contributed by atoms with van der Waals surface area (Å²) in [7, 11) is 1.57. The molecule has 0 unspecified atom stereocenters. The second-order valence-corrected chi connectivity index (χ2v) is 5.38. The maximum absolute atomic E-state index is 12.1. The zero-order valence-corrected chi connectivity index (χ0v) is 12.6. The molecule has 7 nitrogen and oxygen atoms in total. The van der Waals surface area contributed by atoms with Gasteiger partial charge in [-0.15, -0.1) is 0 Å². The van der Waals surface area contributed by atoms with Crippen LogP contribution >= 0.6 is 0 Å². The zero-order chi connectivity index (χ0) is 15.9. The molecule has 0 radical (unpaired) electrons. The molecule has 1 aromatic carbocycles. The van der Waals surface area contributed by atoms with Crippen LogP contribution in [0.3, 0.4) is 0 Å². The van der Waals surface area contributed by atoms with Crippen LogP contribution < -0.4 is 25.4 Å². The van der Waals surface area contributed by atoms with Crippen molar-refractivity contribution in [1.82, 2.24) is 0 Å². The van der Waals surface area contributed by atoms with Crippen molar-refractivity contribution in [2.45, 2.75) is 12.5 Å². The van der Waals surface area contributed by atoms with E-state index < -0.39 is 12.0 Å². The Balaban J connectivity index is 1.93. The average molecular weight is 308 g/mol. The topological polar surface area (TPSA) is 99.5 Å². The third-order valence-corrected chi connectivity index (χ3v) is 3.88. The number of carbonyl (C=O) groups excluding carboxylic acids is 2. The lowest BCUT2D eigenvalue weighted by atomic mass is 10.1. The summed E-state index contributed by atoms with van der Waals surface area (Å²) in [6.07, 6.45) is -0.0797. The zero-order valence-electron chi connectivity index (χ0n) is 12.6. The van der Waals surface area contributed by atoms with Crippen molar-refractivity contribution >= 4 is 17.6 Å². The van der Waals surface area contributed by atoms with E-state index in [2.05, 4.69) is 10.6 Å². The Bertz CT molecular complexity index is 512. The van der Waals surface area contributed by atoms with Gasteiger partial charge in [0.2, 0.25) is 5.91 Å². The van der Waals surface area contributed by atoms with Crippen molar-refractivity contribution < 1.29 is 29.6 Å². The van der Waals surface area contributed by atoms with Gasteiger partial charge in [-0.1, -0.05) is 0 Å². The molecule has 0 aliphatic carbocycles. The Labute approximate surface area is 129 Å². The van der Waals surface area contributed by atoms with E-state index in [-0.39, 0.29) is 12.3 Å². The molecule has 7 heteroatoms. The largest absolute Gasteiger partial charge is 0.544 e. The summed E-state index contributed by atoms with van der Waals surface area (Å²) >= 11 is 0. The second-order valence-electron chi connectivity index (χ2n) is 5.38. The first kappa shape index (κ1) is 16.3. The molecule has 1 aromatic rings. The third-order valence-electron chi connectivity index (χ3n) is 3.88. The summed E-state index contributed by atoms with van der Waals surface area (Å²) in [5, 5.41) is 16.2. The van der Waals surface area contributed by atoms with Crippen LogP contribution in [0.15, 0.2) is 24.3 Å². The highest BCUT2D eigenvalue weighted by molar-refractivity contribution is 5.93. The van der Waals surface area contributed by atoms with Gasteiger partial charge in [-0.2, -0.15) is 0 Å². The lowest BCUT2D eigenvalue weighted by Crippen LogP contribution is -3.24. The predicted molar refractivity (Wildman–Crippen MR) is 77.4 cm³/mol. The van der Waals surface area contributed by atoms with E-state index in [9.17, 15) is 14.7 Å². The Kier molecular flexibility index (Phi) is 5.74. The van der Waals surface area contributed by atoms with Gasteiger partial charge in [-0.25, -0.2) is 0 Å².